The summed E-state index contributed by atoms with van der Waals surface area (Å²) in [4.78, 5) is 12.6. The van der Waals surface area contributed by atoms with Crippen molar-refractivity contribution in [2.75, 3.05) is 13.2 Å². The number of carbonyl (C=O) groups excluding carboxylic acids is 1. The molecule has 0 saturated heterocycles. The van der Waals surface area contributed by atoms with Gasteiger partial charge >= 0.3 is 5.97 Å². The molecule has 2 rings (SSSR count). The van der Waals surface area contributed by atoms with Crippen molar-refractivity contribution in [3.05, 3.63) is 52.1 Å². The van der Waals surface area contributed by atoms with Crippen LogP contribution >= 0.6 is 0 Å². The monoisotopic (exact) mass is 356 g/mol. The SMILES string of the molecule is CCCOc1ccc(C)cc1C1C(C#N)=C(N)OC(C)=C1C(=O)OCC. The number of nitriles is 1. The van der Waals surface area contributed by atoms with Crippen LogP contribution in [0.25, 0.3) is 0 Å². The summed E-state index contributed by atoms with van der Waals surface area (Å²) in [5, 5.41) is 9.66. The van der Waals surface area contributed by atoms with Gasteiger partial charge in [0.05, 0.1) is 24.7 Å². The Morgan fingerprint density at radius 1 is 1.35 bits per heavy atom. The molecule has 0 aliphatic carbocycles. The number of hydrogen-bond acceptors (Lipinski definition) is 6. The zero-order valence-electron chi connectivity index (χ0n) is 15.6. The molecule has 0 bridgehead atoms. The van der Waals surface area contributed by atoms with E-state index in [-0.39, 0.29) is 23.6 Å². The zero-order chi connectivity index (χ0) is 19.3. The van der Waals surface area contributed by atoms with Gasteiger partial charge in [-0.25, -0.2) is 4.79 Å². The molecule has 138 valence electrons. The van der Waals surface area contributed by atoms with Crippen LogP contribution in [0.1, 0.15) is 44.2 Å². The molecule has 1 aliphatic heterocycles. The van der Waals surface area contributed by atoms with Crippen LogP contribution in [-0.4, -0.2) is 19.2 Å². The summed E-state index contributed by atoms with van der Waals surface area (Å²) < 4.78 is 16.5. The maximum absolute atomic E-state index is 12.6. The zero-order valence-corrected chi connectivity index (χ0v) is 15.6. The molecule has 1 heterocycles. The molecule has 1 unspecified atom stereocenters. The highest BCUT2D eigenvalue weighted by molar-refractivity contribution is 5.92. The third kappa shape index (κ3) is 3.83. The predicted octanol–water partition coefficient (Wildman–Crippen LogP) is 3.43. The van der Waals surface area contributed by atoms with Crippen LogP contribution in [0, 0.1) is 18.3 Å². The summed E-state index contributed by atoms with van der Waals surface area (Å²) in [6.45, 7) is 8.06. The van der Waals surface area contributed by atoms with Gasteiger partial charge < -0.3 is 19.9 Å². The smallest absolute Gasteiger partial charge is 0.338 e. The van der Waals surface area contributed by atoms with E-state index in [4.69, 9.17) is 19.9 Å². The molecule has 0 spiro atoms. The van der Waals surface area contributed by atoms with Gasteiger partial charge in [-0.15, -0.1) is 0 Å². The van der Waals surface area contributed by atoms with Crippen molar-refractivity contribution in [1.82, 2.24) is 0 Å². The molecule has 6 heteroatoms. The van der Waals surface area contributed by atoms with Gasteiger partial charge in [-0.3, -0.25) is 0 Å². The molecule has 0 aromatic heterocycles. The Balaban J connectivity index is 2.67. The number of esters is 1. The van der Waals surface area contributed by atoms with E-state index in [0.29, 0.717) is 23.7 Å². The van der Waals surface area contributed by atoms with E-state index >= 15 is 0 Å². The van der Waals surface area contributed by atoms with E-state index in [1.54, 1.807) is 13.8 Å². The van der Waals surface area contributed by atoms with Crippen molar-refractivity contribution >= 4 is 5.97 Å². The van der Waals surface area contributed by atoms with Crippen molar-refractivity contribution in [2.45, 2.75) is 40.0 Å². The van der Waals surface area contributed by atoms with E-state index in [1.165, 1.54) is 0 Å². The summed E-state index contributed by atoms with van der Waals surface area (Å²) in [6, 6.07) is 7.76. The molecule has 26 heavy (non-hydrogen) atoms. The molecule has 0 saturated carbocycles. The highest BCUT2D eigenvalue weighted by Crippen LogP contribution is 2.43. The number of benzene rings is 1. The third-order valence-electron chi connectivity index (χ3n) is 4.04. The Morgan fingerprint density at radius 3 is 2.69 bits per heavy atom. The van der Waals surface area contributed by atoms with Crippen molar-refractivity contribution in [3.8, 4) is 11.8 Å². The van der Waals surface area contributed by atoms with Crippen LogP contribution in [0.3, 0.4) is 0 Å². The van der Waals surface area contributed by atoms with Gasteiger partial charge in [-0.1, -0.05) is 24.6 Å². The topological polar surface area (TPSA) is 94.6 Å². The number of nitrogens with two attached hydrogens (primary N) is 1. The van der Waals surface area contributed by atoms with Crippen molar-refractivity contribution in [2.24, 2.45) is 5.73 Å². The average molecular weight is 356 g/mol. The van der Waals surface area contributed by atoms with Gasteiger partial charge in [0.15, 0.2) is 0 Å². The molecule has 6 nitrogen and oxygen atoms in total. The molecule has 2 N–H and O–H groups in total. The second kappa shape index (κ2) is 8.43. The first-order chi connectivity index (χ1) is 12.4. The second-order valence-electron chi connectivity index (χ2n) is 6.00. The van der Waals surface area contributed by atoms with E-state index in [9.17, 15) is 10.1 Å². The van der Waals surface area contributed by atoms with E-state index in [2.05, 4.69) is 6.07 Å². The number of rotatable bonds is 6. The molecule has 1 aromatic carbocycles. The van der Waals surface area contributed by atoms with Crippen LogP contribution in [0.2, 0.25) is 0 Å². The number of nitrogens with zero attached hydrogens (tertiary/aromatic N) is 1. The molecule has 1 aliphatic rings. The normalized spacial score (nSPS) is 16.8. The molecular weight excluding hydrogens is 332 g/mol. The third-order valence-corrected chi connectivity index (χ3v) is 4.04. The Hall–Kier alpha value is -2.94. The molecule has 1 aromatic rings. The van der Waals surface area contributed by atoms with Crippen molar-refractivity contribution in [3.63, 3.8) is 0 Å². The Morgan fingerprint density at radius 2 is 2.08 bits per heavy atom. The van der Waals surface area contributed by atoms with Crippen LogP contribution in [-0.2, 0) is 14.3 Å². The standard InChI is InChI=1S/C20H24N2O4/c1-5-9-25-16-8-7-12(3)10-14(16)18-15(11-21)19(22)26-13(4)17(18)20(23)24-6-2/h7-8,10,18H,5-6,9,22H2,1-4H3. The molecule has 0 fully saturated rings. The second-order valence-corrected chi connectivity index (χ2v) is 6.00. The first kappa shape index (κ1) is 19.4. The molecule has 0 amide bonds. The minimum absolute atomic E-state index is 0.00834. The maximum Gasteiger partial charge on any atom is 0.338 e. The van der Waals surface area contributed by atoms with E-state index in [0.717, 1.165) is 12.0 Å². The number of carbonyl (C=O) groups is 1. The van der Waals surface area contributed by atoms with Crippen LogP contribution in [0.15, 0.2) is 41.0 Å². The molecule has 0 radical (unpaired) electrons. The lowest BCUT2D eigenvalue weighted by Gasteiger charge is -2.28. The van der Waals surface area contributed by atoms with Crippen LogP contribution < -0.4 is 10.5 Å². The van der Waals surface area contributed by atoms with Gasteiger partial charge in [0.25, 0.3) is 0 Å². The fourth-order valence-corrected chi connectivity index (χ4v) is 2.90. The van der Waals surface area contributed by atoms with Gasteiger partial charge in [-0.2, -0.15) is 5.26 Å². The Kier molecular flexibility index (Phi) is 6.29. The summed E-state index contributed by atoms with van der Waals surface area (Å²) in [6.07, 6.45) is 0.837. The average Bonchev–Trinajstić information content (AvgIpc) is 2.60. The lowest BCUT2D eigenvalue weighted by Crippen LogP contribution is -2.26. The number of ether oxygens (including phenoxy) is 3. The van der Waals surface area contributed by atoms with E-state index in [1.807, 2.05) is 32.0 Å². The summed E-state index contributed by atoms with van der Waals surface area (Å²) in [7, 11) is 0. The number of aryl methyl sites for hydroxylation is 1. The first-order valence-corrected chi connectivity index (χ1v) is 8.63. The summed E-state index contributed by atoms with van der Waals surface area (Å²) in [5.74, 6) is -0.295. The van der Waals surface area contributed by atoms with Crippen molar-refractivity contribution < 1.29 is 19.0 Å². The minimum Gasteiger partial charge on any atom is -0.493 e. The summed E-state index contributed by atoms with van der Waals surface area (Å²) >= 11 is 0. The van der Waals surface area contributed by atoms with E-state index < -0.39 is 11.9 Å². The lowest BCUT2D eigenvalue weighted by atomic mass is 9.82. The highest BCUT2D eigenvalue weighted by Gasteiger charge is 2.37. The number of allylic oxidation sites excluding steroid dienone is 2. The largest absolute Gasteiger partial charge is 0.493 e. The lowest BCUT2D eigenvalue weighted by molar-refractivity contribution is -0.139. The molecule has 1 atom stereocenters. The van der Waals surface area contributed by atoms with Crippen LogP contribution in [0.4, 0.5) is 0 Å². The number of hydrogen-bond donors (Lipinski definition) is 1. The highest BCUT2D eigenvalue weighted by atomic mass is 16.5. The van der Waals surface area contributed by atoms with Gasteiger partial charge in [0.1, 0.15) is 23.2 Å². The fraction of sp³-hybridized carbons (Fsp3) is 0.400. The molecular formula is C20H24N2O4. The minimum atomic E-state index is -0.695. The van der Waals surface area contributed by atoms with Crippen molar-refractivity contribution in [1.29, 1.82) is 5.26 Å². The van der Waals surface area contributed by atoms with Gasteiger partial charge in [0.2, 0.25) is 5.88 Å². The predicted molar refractivity (Wildman–Crippen MR) is 97.0 cm³/mol. The first-order valence-electron chi connectivity index (χ1n) is 8.63. The quantitative estimate of drug-likeness (QED) is 0.785. The summed E-state index contributed by atoms with van der Waals surface area (Å²) in [5.41, 5.74) is 8.06. The van der Waals surface area contributed by atoms with Gasteiger partial charge in [0, 0.05) is 5.56 Å². The van der Waals surface area contributed by atoms with Gasteiger partial charge in [-0.05, 0) is 33.3 Å². The van der Waals surface area contributed by atoms with Crippen LogP contribution in [0.5, 0.6) is 5.75 Å². The fourth-order valence-electron chi connectivity index (χ4n) is 2.90. The maximum atomic E-state index is 12.6. The Bertz CT molecular complexity index is 803. The Labute approximate surface area is 153 Å².